The largest absolute Gasteiger partial charge is 0.310 e. The second kappa shape index (κ2) is 13.1. The van der Waals surface area contributed by atoms with Gasteiger partial charge < -0.3 is 4.90 Å². The fourth-order valence-electron chi connectivity index (χ4n) is 6.68. The third-order valence-corrected chi connectivity index (χ3v) is 9.43. The summed E-state index contributed by atoms with van der Waals surface area (Å²) >= 11 is 0. The van der Waals surface area contributed by atoms with E-state index in [-0.39, 0.29) is 0 Å². The van der Waals surface area contributed by atoms with Crippen LogP contribution >= 0.6 is 0 Å². The minimum absolute atomic E-state index is 1.11. The highest BCUT2D eigenvalue weighted by molar-refractivity contribution is 5.93. The van der Waals surface area contributed by atoms with E-state index in [1.165, 1.54) is 66.4 Å². The lowest BCUT2D eigenvalue weighted by molar-refractivity contribution is 1.28. The molecule has 0 bridgehead atoms. The number of hydrogen-bond acceptors (Lipinski definition) is 1. The highest BCUT2D eigenvalue weighted by Crippen LogP contribution is 2.42. The zero-order chi connectivity index (χ0) is 33.2. The van der Waals surface area contributed by atoms with Gasteiger partial charge in [0.25, 0.3) is 0 Å². The van der Waals surface area contributed by atoms with E-state index in [1.54, 1.807) is 0 Å². The van der Waals surface area contributed by atoms with Crippen LogP contribution in [-0.4, -0.2) is 0 Å². The Kier molecular flexibility index (Phi) is 8.09. The van der Waals surface area contributed by atoms with Crippen molar-refractivity contribution in [1.29, 1.82) is 0 Å². The van der Waals surface area contributed by atoms with E-state index in [9.17, 15) is 0 Å². The Bertz CT molecular complexity index is 2260. The minimum atomic E-state index is 1.11. The number of anilines is 3. The zero-order valence-corrected chi connectivity index (χ0v) is 27.8. The van der Waals surface area contributed by atoms with E-state index in [4.69, 9.17) is 0 Å². The Balaban J connectivity index is 1.26. The van der Waals surface area contributed by atoms with Crippen molar-refractivity contribution < 1.29 is 0 Å². The average molecular weight is 628 g/mol. The van der Waals surface area contributed by atoms with Gasteiger partial charge in [0.15, 0.2) is 0 Å². The summed E-state index contributed by atoms with van der Waals surface area (Å²) < 4.78 is 0. The molecule has 0 atom stereocenters. The second-order valence-corrected chi connectivity index (χ2v) is 12.8. The molecule has 0 saturated heterocycles. The normalized spacial score (nSPS) is 11.1. The first-order valence-electron chi connectivity index (χ1n) is 16.9. The molecule has 8 aromatic carbocycles. The summed E-state index contributed by atoms with van der Waals surface area (Å²) in [5.74, 6) is 0. The Morgan fingerprint density at radius 3 is 1.29 bits per heavy atom. The van der Waals surface area contributed by atoms with E-state index < -0.39 is 0 Å². The van der Waals surface area contributed by atoms with Crippen LogP contribution in [0.25, 0.3) is 55.3 Å². The summed E-state index contributed by atoms with van der Waals surface area (Å²) in [7, 11) is 0. The fourth-order valence-corrected chi connectivity index (χ4v) is 6.68. The van der Waals surface area contributed by atoms with E-state index in [2.05, 4.69) is 207 Å². The average Bonchev–Trinajstić information content (AvgIpc) is 3.16. The first-order chi connectivity index (χ1) is 24.1. The van der Waals surface area contributed by atoms with Crippen molar-refractivity contribution in [3.05, 3.63) is 199 Å². The molecular formula is C48H37N. The number of hydrogen-bond donors (Lipinski definition) is 0. The molecule has 0 aliphatic rings. The summed E-state index contributed by atoms with van der Waals surface area (Å²) in [6.07, 6.45) is 0. The molecule has 0 heterocycles. The fraction of sp³-hybridized carbons (Fsp3) is 0.0417. The van der Waals surface area contributed by atoms with Crippen molar-refractivity contribution in [2.45, 2.75) is 13.8 Å². The predicted molar refractivity (Wildman–Crippen MR) is 210 cm³/mol. The SMILES string of the molecule is Cc1ccc(-c2ccc(N(c3ccc(-c4ccc(C)cc4)cc3)c3ccc(-c4ccc5ccccc5c4)c(-c4ccccc4)c3)cc2)cc1. The van der Waals surface area contributed by atoms with Gasteiger partial charge in [-0.15, -0.1) is 0 Å². The molecule has 0 saturated carbocycles. The van der Waals surface area contributed by atoms with Crippen LogP contribution in [0.4, 0.5) is 17.1 Å². The highest BCUT2D eigenvalue weighted by Gasteiger charge is 2.17. The van der Waals surface area contributed by atoms with E-state index >= 15 is 0 Å². The van der Waals surface area contributed by atoms with E-state index in [1.807, 2.05) is 0 Å². The van der Waals surface area contributed by atoms with Crippen molar-refractivity contribution in [1.82, 2.24) is 0 Å². The maximum absolute atomic E-state index is 2.37. The van der Waals surface area contributed by atoms with Gasteiger partial charge in [-0.05, 0) is 112 Å². The Morgan fingerprint density at radius 1 is 0.286 bits per heavy atom. The quantitative estimate of drug-likeness (QED) is 0.170. The molecule has 8 rings (SSSR count). The van der Waals surface area contributed by atoms with E-state index in [0.717, 1.165) is 17.1 Å². The lowest BCUT2D eigenvalue weighted by Crippen LogP contribution is -2.10. The molecule has 0 amide bonds. The summed E-state index contributed by atoms with van der Waals surface area (Å²) in [6, 6.07) is 68.4. The molecule has 0 spiro atoms. The summed E-state index contributed by atoms with van der Waals surface area (Å²) in [5, 5.41) is 2.49. The van der Waals surface area contributed by atoms with Crippen LogP contribution in [0.1, 0.15) is 11.1 Å². The topological polar surface area (TPSA) is 3.24 Å². The van der Waals surface area contributed by atoms with Gasteiger partial charge in [0.1, 0.15) is 0 Å². The van der Waals surface area contributed by atoms with Crippen molar-refractivity contribution in [3.63, 3.8) is 0 Å². The van der Waals surface area contributed by atoms with Crippen LogP contribution in [0, 0.1) is 13.8 Å². The standard InChI is InChI=1S/C48H37N/c1-34-12-16-37(17-13-34)39-22-26-44(27-23-39)49(45-28-24-40(25-29-45)38-18-14-35(2)15-19-38)46-30-31-47(48(33-46)41-9-4-3-5-10-41)43-21-20-36-8-6-7-11-42(36)32-43/h3-33H,1-2H3. The molecule has 1 heteroatoms. The summed E-state index contributed by atoms with van der Waals surface area (Å²) in [5.41, 5.74) is 15.5. The number of fused-ring (bicyclic) bond motifs is 1. The summed E-state index contributed by atoms with van der Waals surface area (Å²) in [4.78, 5) is 2.37. The van der Waals surface area contributed by atoms with Gasteiger partial charge in [0, 0.05) is 17.1 Å². The Morgan fingerprint density at radius 2 is 0.735 bits per heavy atom. The van der Waals surface area contributed by atoms with Gasteiger partial charge in [-0.25, -0.2) is 0 Å². The molecule has 8 aromatic rings. The van der Waals surface area contributed by atoms with Crippen LogP contribution < -0.4 is 4.90 Å². The first kappa shape index (κ1) is 30.2. The molecule has 1 nitrogen and oxygen atoms in total. The van der Waals surface area contributed by atoms with Crippen molar-refractivity contribution >= 4 is 27.8 Å². The van der Waals surface area contributed by atoms with Crippen LogP contribution in [0.15, 0.2) is 188 Å². The molecule has 0 fully saturated rings. The van der Waals surface area contributed by atoms with Gasteiger partial charge in [0.2, 0.25) is 0 Å². The molecule has 0 aliphatic heterocycles. The lowest BCUT2D eigenvalue weighted by atomic mass is 9.92. The van der Waals surface area contributed by atoms with Crippen LogP contribution in [0.2, 0.25) is 0 Å². The third kappa shape index (κ3) is 6.27. The molecular weight excluding hydrogens is 591 g/mol. The zero-order valence-electron chi connectivity index (χ0n) is 27.8. The highest BCUT2D eigenvalue weighted by atomic mass is 15.1. The molecule has 0 aromatic heterocycles. The number of aryl methyl sites for hydroxylation is 2. The van der Waals surface area contributed by atoms with Gasteiger partial charge in [-0.3, -0.25) is 0 Å². The monoisotopic (exact) mass is 627 g/mol. The number of rotatable bonds is 7. The van der Waals surface area contributed by atoms with Gasteiger partial charge >= 0.3 is 0 Å². The van der Waals surface area contributed by atoms with Crippen molar-refractivity contribution in [2.24, 2.45) is 0 Å². The van der Waals surface area contributed by atoms with Gasteiger partial charge in [-0.2, -0.15) is 0 Å². The van der Waals surface area contributed by atoms with Crippen molar-refractivity contribution in [2.75, 3.05) is 4.90 Å². The van der Waals surface area contributed by atoms with Crippen molar-refractivity contribution in [3.8, 4) is 44.5 Å². The van der Waals surface area contributed by atoms with Crippen LogP contribution in [-0.2, 0) is 0 Å². The second-order valence-electron chi connectivity index (χ2n) is 12.8. The number of benzene rings is 8. The maximum atomic E-state index is 2.37. The Hall–Kier alpha value is -6.18. The Labute approximate surface area is 289 Å². The first-order valence-corrected chi connectivity index (χ1v) is 16.9. The smallest absolute Gasteiger partial charge is 0.0468 e. The molecule has 0 N–H and O–H groups in total. The van der Waals surface area contributed by atoms with E-state index in [0.29, 0.717) is 0 Å². The van der Waals surface area contributed by atoms with Crippen LogP contribution in [0.5, 0.6) is 0 Å². The number of nitrogens with zero attached hydrogens (tertiary/aromatic N) is 1. The molecule has 0 unspecified atom stereocenters. The molecule has 234 valence electrons. The molecule has 0 aliphatic carbocycles. The summed E-state index contributed by atoms with van der Waals surface area (Å²) in [6.45, 7) is 4.26. The molecule has 49 heavy (non-hydrogen) atoms. The van der Waals surface area contributed by atoms with Crippen LogP contribution in [0.3, 0.4) is 0 Å². The molecule has 0 radical (unpaired) electrons. The predicted octanol–water partition coefficient (Wildman–Crippen LogP) is 13.6. The third-order valence-electron chi connectivity index (χ3n) is 9.43. The maximum Gasteiger partial charge on any atom is 0.0468 e. The van der Waals surface area contributed by atoms with Gasteiger partial charge in [-0.1, -0.05) is 157 Å². The van der Waals surface area contributed by atoms with Gasteiger partial charge in [0.05, 0.1) is 0 Å². The minimum Gasteiger partial charge on any atom is -0.310 e. The lowest BCUT2D eigenvalue weighted by Gasteiger charge is -2.27.